The molecule has 17 heavy (non-hydrogen) atoms. The minimum atomic E-state index is -0.329. The van der Waals surface area contributed by atoms with Crippen LogP contribution in [0.4, 0.5) is 10.1 Å². The van der Waals surface area contributed by atoms with Crippen molar-refractivity contribution in [1.29, 1.82) is 0 Å². The molecule has 0 radical (unpaired) electrons. The normalized spacial score (nSPS) is 10.2. The summed E-state index contributed by atoms with van der Waals surface area (Å²) in [5.41, 5.74) is 6.84. The van der Waals surface area contributed by atoms with Crippen molar-refractivity contribution in [2.24, 2.45) is 0 Å². The van der Waals surface area contributed by atoms with Gasteiger partial charge in [0.25, 0.3) is 0 Å². The lowest BCUT2D eigenvalue weighted by Crippen LogP contribution is -2.01. The average molecular weight is 297 g/mol. The monoisotopic (exact) mass is 296 g/mol. The molecule has 0 spiro atoms. The Labute approximate surface area is 107 Å². The topological polar surface area (TPSA) is 48.1 Å². The molecule has 5 heteroatoms. The van der Waals surface area contributed by atoms with Gasteiger partial charge in [-0.3, -0.25) is 4.98 Å². The summed E-state index contributed by atoms with van der Waals surface area (Å²) in [4.78, 5) is 3.96. The highest BCUT2D eigenvalue weighted by Crippen LogP contribution is 2.19. The molecule has 0 fully saturated rings. The van der Waals surface area contributed by atoms with Gasteiger partial charge in [-0.25, -0.2) is 4.39 Å². The van der Waals surface area contributed by atoms with Gasteiger partial charge in [-0.15, -0.1) is 0 Å². The number of hydrogen-bond donors (Lipinski definition) is 1. The molecule has 0 unspecified atom stereocenters. The molecule has 1 heterocycles. The molecule has 2 aromatic rings. The summed E-state index contributed by atoms with van der Waals surface area (Å²) in [7, 11) is 0. The number of hydrogen-bond acceptors (Lipinski definition) is 3. The Morgan fingerprint density at radius 3 is 2.88 bits per heavy atom. The standard InChI is InChI=1S/C12H10BrFN2O/c13-9-4-11(6-16-5-9)17-7-8-3-10(14)1-2-12(8)15/h1-6H,7,15H2. The number of ether oxygens (including phenoxy) is 1. The predicted molar refractivity (Wildman–Crippen MR) is 67.1 cm³/mol. The Hall–Kier alpha value is -1.62. The van der Waals surface area contributed by atoms with Crippen molar-refractivity contribution in [1.82, 2.24) is 4.98 Å². The number of anilines is 1. The Kier molecular flexibility index (Phi) is 3.58. The molecule has 88 valence electrons. The van der Waals surface area contributed by atoms with Gasteiger partial charge in [0.05, 0.1) is 6.20 Å². The van der Waals surface area contributed by atoms with Gasteiger partial charge in [-0.2, -0.15) is 0 Å². The summed E-state index contributed by atoms with van der Waals surface area (Å²) in [6, 6.07) is 5.98. The van der Waals surface area contributed by atoms with Crippen LogP contribution in [0.5, 0.6) is 5.75 Å². The van der Waals surface area contributed by atoms with E-state index >= 15 is 0 Å². The lowest BCUT2D eigenvalue weighted by Gasteiger charge is -2.08. The molecule has 0 aliphatic rings. The maximum Gasteiger partial charge on any atom is 0.139 e. The highest BCUT2D eigenvalue weighted by Gasteiger charge is 2.03. The van der Waals surface area contributed by atoms with E-state index < -0.39 is 0 Å². The number of nitrogens with two attached hydrogens (primary N) is 1. The summed E-state index contributed by atoms with van der Waals surface area (Å²) < 4.78 is 19.3. The highest BCUT2D eigenvalue weighted by atomic mass is 79.9. The van der Waals surface area contributed by atoms with Gasteiger partial charge in [0, 0.05) is 21.9 Å². The van der Waals surface area contributed by atoms with E-state index in [1.807, 2.05) is 0 Å². The van der Waals surface area contributed by atoms with Crippen molar-refractivity contribution in [3.8, 4) is 5.75 Å². The van der Waals surface area contributed by atoms with Gasteiger partial charge >= 0.3 is 0 Å². The summed E-state index contributed by atoms with van der Waals surface area (Å²) in [5.74, 6) is 0.271. The van der Waals surface area contributed by atoms with Gasteiger partial charge in [0.1, 0.15) is 18.2 Å². The maximum absolute atomic E-state index is 13.0. The Morgan fingerprint density at radius 2 is 2.12 bits per heavy atom. The average Bonchev–Trinajstić information content (AvgIpc) is 2.30. The smallest absolute Gasteiger partial charge is 0.139 e. The number of benzene rings is 1. The van der Waals surface area contributed by atoms with E-state index in [0.29, 0.717) is 17.0 Å². The van der Waals surface area contributed by atoms with Crippen LogP contribution < -0.4 is 10.5 Å². The van der Waals surface area contributed by atoms with Gasteiger partial charge in [-0.1, -0.05) is 0 Å². The molecular weight excluding hydrogens is 287 g/mol. The lowest BCUT2D eigenvalue weighted by atomic mass is 10.2. The van der Waals surface area contributed by atoms with Gasteiger partial charge in [-0.05, 0) is 40.2 Å². The Morgan fingerprint density at radius 1 is 1.29 bits per heavy atom. The molecule has 0 bridgehead atoms. The lowest BCUT2D eigenvalue weighted by molar-refractivity contribution is 0.305. The van der Waals surface area contributed by atoms with E-state index in [9.17, 15) is 4.39 Å². The number of rotatable bonds is 3. The SMILES string of the molecule is Nc1ccc(F)cc1COc1cncc(Br)c1. The van der Waals surface area contributed by atoms with E-state index in [2.05, 4.69) is 20.9 Å². The predicted octanol–water partition coefficient (Wildman–Crippen LogP) is 3.14. The van der Waals surface area contributed by atoms with Crippen molar-refractivity contribution in [3.05, 3.63) is 52.5 Å². The first-order valence-corrected chi connectivity index (χ1v) is 5.72. The summed E-state index contributed by atoms with van der Waals surface area (Å²) >= 11 is 3.29. The van der Waals surface area contributed by atoms with Crippen LogP contribution in [0.25, 0.3) is 0 Å². The summed E-state index contributed by atoms with van der Waals surface area (Å²) in [5, 5.41) is 0. The van der Waals surface area contributed by atoms with Crippen molar-refractivity contribution >= 4 is 21.6 Å². The second-order valence-electron chi connectivity index (χ2n) is 3.47. The van der Waals surface area contributed by atoms with E-state index in [1.54, 1.807) is 18.5 Å². The van der Waals surface area contributed by atoms with Crippen LogP contribution in [0.3, 0.4) is 0 Å². The van der Waals surface area contributed by atoms with Crippen LogP contribution >= 0.6 is 15.9 Å². The molecule has 1 aromatic heterocycles. The maximum atomic E-state index is 13.0. The zero-order chi connectivity index (χ0) is 12.3. The fraction of sp³-hybridized carbons (Fsp3) is 0.0833. The largest absolute Gasteiger partial charge is 0.487 e. The van der Waals surface area contributed by atoms with E-state index in [1.165, 1.54) is 18.2 Å². The molecule has 1 aromatic carbocycles. The molecular formula is C12H10BrFN2O. The molecule has 0 aliphatic heterocycles. The second-order valence-corrected chi connectivity index (χ2v) is 4.39. The van der Waals surface area contributed by atoms with Crippen LogP contribution in [0.1, 0.15) is 5.56 Å². The number of nitrogens with zero attached hydrogens (tertiary/aromatic N) is 1. The van der Waals surface area contributed by atoms with Crippen LogP contribution in [0.2, 0.25) is 0 Å². The third-order valence-corrected chi connectivity index (χ3v) is 2.61. The van der Waals surface area contributed by atoms with Crippen molar-refractivity contribution < 1.29 is 9.13 Å². The van der Waals surface area contributed by atoms with Crippen molar-refractivity contribution in [2.45, 2.75) is 6.61 Å². The number of aromatic nitrogens is 1. The van der Waals surface area contributed by atoms with Crippen LogP contribution in [0.15, 0.2) is 41.1 Å². The third-order valence-electron chi connectivity index (χ3n) is 2.18. The first-order chi connectivity index (χ1) is 8.15. The van der Waals surface area contributed by atoms with Gasteiger partial charge < -0.3 is 10.5 Å². The Balaban J connectivity index is 2.09. The zero-order valence-electron chi connectivity index (χ0n) is 8.86. The molecule has 3 nitrogen and oxygen atoms in total. The van der Waals surface area contributed by atoms with Crippen molar-refractivity contribution in [2.75, 3.05) is 5.73 Å². The third kappa shape index (κ3) is 3.17. The molecule has 2 N–H and O–H groups in total. The molecule has 2 rings (SSSR count). The number of nitrogen functional groups attached to an aromatic ring is 1. The molecule has 0 aliphatic carbocycles. The van der Waals surface area contributed by atoms with E-state index in [0.717, 1.165) is 4.47 Å². The van der Waals surface area contributed by atoms with Crippen molar-refractivity contribution in [3.63, 3.8) is 0 Å². The molecule has 0 atom stereocenters. The van der Waals surface area contributed by atoms with Crippen LogP contribution in [0, 0.1) is 5.82 Å². The van der Waals surface area contributed by atoms with Gasteiger partial charge in [0.15, 0.2) is 0 Å². The molecule has 0 saturated heterocycles. The highest BCUT2D eigenvalue weighted by molar-refractivity contribution is 9.10. The molecule has 0 saturated carbocycles. The summed E-state index contributed by atoms with van der Waals surface area (Å²) in [6.45, 7) is 0.210. The van der Waals surface area contributed by atoms with Crippen LogP contribution in [-0.4, -0.2) is 4.98 Å². The van der Waals surface area contributed by atoms with Crippen LogP contribution in [-0.2, 0) is 6.61 Å². The minimum Gasteiger partial charge on any atom is -0.487 e. The summed E-state index contributed by atoms with van der Waals surface area (Å²) in [6.07, 6.45) is 3.24. The minimum absolute atomic E-state index is 0.210. The van der Waals surface area contributed by atoms with Gasteiger partial charge in [0.2, 0.25) is 0 Å². The fourth-order valence-electron chi connectivity index (χ4n) is 1.33. The first-order valence-electron chi connectivity index (χ1n) is 4.92. The Bertz CT molecular complexity index is 534. The zero-order valence-corrected chi connectivity index (χ0v) is 10.4. The number of pyridine rings is 1. The number of halogens is 2. The quantitative estimate of drug-likeness (QED) is 0.885. The first kappa shape index (κ1) is 11.9. The van der Waals surface area contributed by atoms with E-state index in [4.69, 9.17) is 10.5 Å². The van der Waals surface area contributed by atoms with E-state index in [-0.39, 0.29) is 12.4 Å². The second kappa shape index (κ2) is 5.14. The fourth-order valence-corrected chi connectivity index (χ4v) is 1.68. The molecule has 0 amide bonds.